The SMILES string of the molecule is COC(=O)C[C@@H](c1cccnc1)c1c(O)nc2cc(C)ccn2c1=O. The lowest BCUT2D eigenvalue weighted by atomic mass is 9.90. The number of methoxy groups -OCH3 is 1. The minimum Gasteiger partial charge on any atom is -0.493 e. The number of fused-ring (bicyclic) bond motifs is 1. The van der Waals surface area contributed by atoms with Crippen molar-refractivity contribution in [2.45, 2.75) is 19.3 Å². The van der Waals surface area contributed by atoms with Crippen molar-refractivity contribution in [3.05, 3.63) is 69.9 Å². The first-order valence-electron chi connectivity index (χ1n) is 7.70. The van der Waals surface area contributed by atoms with Gasteiger partial charge in [-0.25, -0.2) is 0 Å². The standard InChI is InChI=1S/C18H17N3O4/c1-11-5-7-21-14(8-11)20-17(23)16(18(21)24)13(9-15(22)25-2)12-4-3-6-19-10-12/h3-8,10,13,23H,9H2,1-2H3/t13-/m0/s1. The molecule has 3 rings (SSSR count). The van der Waals surface area contributed by atoms with Crippen molar-refractivity contribution in [3.8, 4) is 5.88 Å². The lowest BCUT2D eigenvalue weighted by Crippen LogP contribution is -2.24. The van der Waals surface area contributed by atoms with Gasteiger partial charge in [0.15, 0.2) is 0 Å². The molecule has 7 heteroatoms. The minimum absolute atomic E-state index is 0.0414. The molecule has 3 aromatic heterocycles. The van der Waals surface area contributed by atoms with E-state index in [-0.39, 0.29) is 12.0 Å². The minimum atomic E-state index is -0.709. The van der Waals surface area contributed by atoms with Gasteiger partial charge in [-0.15, -0.1) is 0 Å². The summed E-state index contributed by atoms with van der Waals surface area (Å²) in [7, 11) is 1.27. The van der Waals surface area contributed by atoms with Crippen molar-refractivity contribution in [2.75, 3.05) is 7.11 Å². The van der Waals surface area contributed by atoms with Crippen LogP contribution in [0.5, 0.6) is 5.88 Å². The Bertz CT molecular complexity index is 983. The average molecular weight is 339 g/mol. The van der Waals surface area contributed by atoms with Gasteiger partial charge in [-0.2, -0.15) is 4.98 Å². The van der Waals surface area contributed by atoms with E-state index in [4.69, 9.17) is 4.74 Å². The Hall–Kier alpha value is -3.22. The molecule has 25 heavy (non-hydrogen) atoms. The first-order chi connectivity index (χ1) is 12.0. The summed E-state index contributed by atoms with van der Waals surface area (Å²) in [5, 5.41) is 10.4. The zero-order chi connectivity index (χ0) is 18.0. The van der Waals surface area contributed by atoms with Crippen molar-refractivity contribution < 1.29 is 14.6 Å². The fourth-order valence-corrected chi connectivity index (χ4v) is 2.77. The first kappa shape index (κ1) is 16.6. The molecule has 0 saturated carbocycles. The fraction of sp³-hybridized carbons (Fsp3) is 0.222. The van der Waals surface area contributed by atoms with Crippen molar-refractivity contribution in [2.24, 2.45) is 0 Å². The molecule has 0 aliphatic heterocycles. The maximum atomic E-state index is 12.9. The number of pyridine rings is 2. The van der Waals surface area contributed by atoms with E-state index in [0.29, 0.717) is 11.2 Å². The highest BCUT2D eigenvalue weighted by Gasteiger charge is 2.27. The summed E-state index contributed by atoms with van der Waals surface area (Å²) < 4.78 is 6.09. The van der Waals surface area contributed by atoms with E-state index in [2.05, 4.69) is 9.97 Å². The number of aromatic hydroxyl groups is 1. The number of nitrogens with zero attached hydrogens (tertiary/aromatic N) is 3. The number of aryl methyl sites for hydroxylation is 1. The maximum Gasteiger partial charge on any atom is 0.306 e. The second kappa shape index (κ2) is 6.72. The number of hydrogen-bond donors (Lipinski definition) is 1. The molecule has 0 radical (unpaired) electrons. The van der Waals surface area contributed by atoms with E-state index in [1.54, 1.807) is 42.9 Å². The van der Waals surface area contributed by atoms with Crippen molar-refractivity contribution in [1.29, 1.82) is 0 Å². The summed E-state index contributed by atoms with van der Waals surface area (Å²) in [6, 6.07) is 6.91. The van der Waals surface area contributed by atoms with Crippen LogP contribution in [0.1, 0.15) is 29.0 Å². The lowest BCUT2D eigenvalue weighted by molar-refractivity contribution is -0.140. The zero-order valence-electron chi connectivity index (χ0n) is 13.8. The predicted octanol–water partition coefficient (Wildman–Crippen LogP) is 1.80. The number of hydrogen-bond acceptors (Lipinski definition) is 6. The summed E-state index contributed by atoms with van der Waals surface area (Å²) >= 11 is 0. The molecular weight excluding hydrogens is 322 g/mol. The highest BCUT2D eigenvalue weighted by atomic mass is 16.5. The molecule has 0 unspecified atom stereocenters. The second-order valence-corrected chi connectivity index (χ2v) is 5.71. The molecule has 0 aromatic carbocycles. The molecule has 128 valence electrons. The quantitative estimate of drug-likeness (QED) is 0.729. The molecule has 0 amide bonds. The number of carbonyl (C=O) groups is 1. The first-order valence-corrected chi connectivity index (χ1v) is 7.70. The number of esters is 1. The molecule has 0 bridgehead atoms. The summed E-state index contributed by atoms with van der Waals surface area (Å²) in [6.07, 6.45) is 4.63. The molecule has 0 aliphatic carbocycles. The van der Waals surface area contributed by atoms with E-state index in [1.165, 1.54) is 11.5 Å². The Morgan fingerprint density at radius 1 is 1.40 bits per heavy atom. The Kier molecular flexibility index (Phi) is 4.47. The number of carbonyl (C=O) groups excluding carboxylic acids is 1. The van der Waals surface area contributed by atoms with Crippen LogP contribution in [-0.4, -0.2) is 32.6 Å². The molecule has 1 atom stereocenters. The zero-order valence-corrected chi connectivity index (χ0v) is 13.8. The van der Waals surface area contributed by atoms with Crippen LogP contribution in [0.25, 0.3) is 5.65 Å². The van der Waals surface area contributed by atoms with Gasteiger partial charge in [0.25, 0.3) is 5.56 Å². The Morgan fingerprint density at radius 2 is 2.20 bits per heavy atom. The smallest absolute Gasteiger partial charge is 0.306 e. The van der Waals surface area contributed by atoms with Crippen LogP contribution in [0.4, 0.5) is 0 Å². The van der Waals surface area contributed by atoms with Crippen LogP contribution in [0.15, 0.2) is 47.7 Å². The molecule has 0 spiro atoms. The lowest BCUT2D eigenvalue weighted by Gasteiger charge is -2.17. The van der Waals surface area contributed by atoms with Crippen LogP contribution in [0.3, 0.4) is 0 Å². The monoisotopic (exact) mass is 339 g/mol. The van der Waals surface area contributed by atoms with Crippen LogP contribution in [0, 0.1) is 6.92 Å². The highest BCUT2D eigenvalue weighted by molar-refractivity contribution is 5.71. The van der Waals surface area contributed by atoms with Gasteiger partial charge in [-0.05, 0) is 36.2 Å². The summed E-state index contributed by atoms with van der Waals surface area (Å²) in [5.41, 5.74) is 1.49. The van der Waals surface area contributed by atoms with Gasteiger partial charge in [0, 0.05) is 24.5 Å². The van der Waals surface area contributed by atoms with Gasteiger partial charge < -0.3 is 9.84 Å². The number of rotatable bonds is 4. The molecule has 3 aromatic rings. The van der Waals surface area contributed by atoms with Gasteiger partial charge in [-0.3, -0.25) is 19.0 Å². The third-order valence-electron chi connectivity index (χ3n) is 4.03. The van der Waals surface area contributed by atoms with E-state index >= 15 is 0 Å². The third kappa shape index (κ3) is 3.21. The molecule has 1 N–H and O–H groups in total. The summed E-state index contributed by atoms with van der Waals surface area (Å²) in [4.78, 5) is 32.9. The van der Waals surface area contributed by atoms with Gasteiger partial charge in [-0.1, -0.05) is 6.07 Å². The van der Waals surface area contributed by atoms with E-state index in [9.17, 15) is 14.7 Å². The van der Waals surface area contributed by atoms with Gasteiger partial charge in [0.2, 0.25) is 5.88 Å². The molecule has 0 aliphatic rings. The highest BCUT2D eigenvalue weighted by Crippen LogP contribution is 2.30. The summed E-state index contributed by atoms with van der Waals surface area (Å²) in [6.45, 7) is 1.87. The van der Waals surface area contributed by atoms with E-state index in [1.807, 2.05) is 6.92 Å². The van der Waals surface area contributed by atoms with Crippen molar-refractivity contribution in [1.82, 2.24) is 14.4 Å². The van der Waals surface area contributed by atoms with Crippen molar-refractivity contribution >= 4 is 11.6 Å². The average Bonchev–Trinajstić information content (AvgIpc) is 2.61. The largest absolute Gasteiger partial charge is 0.493 e. The molecule has 0 fully saturated rings. The van der Waals surface area contributed by atoms with Gasteiger partial charge in [0.05, 0.1) is 19.1 Å². The van der Waals surface area contributed by atoms with Crippen LogP contribution in [0.2, 0.25) is 0 Å². The van der Waals surface area contributed by atoms with E-state index in [0.717, 1.165) is 5.56 Å². The Labute approximate surface area is 143 Å². The van der Waals surface area contributed by atoms with Gasteiger partial charge >= 0.3 is 5.97 Å². The van der Waals surface area contributed by atoms with Crippen LogP contribution < -0.4 is 5.56 Å². The Morgan fingerprint density at radius 3 is 2.88 bits per heavy atom. The topological polar surface area (TPSA) is 93.8 Å². The third-order valence-corrected chi connectivity index (χ3v) is 4.03. The molecular formula is C18H17N3O4. The number of ether oxygens (including phenoxy) is 1. The molecule has 0 saturated heterocycles. The number of aromatic nitrogens is 3. The molecule has 7 nitrogen and oxygen atoms in total. The predicted molar refractivity (Wildman–Crippen MR) is 90.6 cm³/mol. The molecule has 3 heterocycles. The van der Waals surface area contributed by atoms with Crippen molar-refractivity contribution in [3.63, 3.8) is 0 Å². The Balaban J connectivity index is 2.23. The van der Waals surface area contributed by atoms with Gasteiger partial charge in [0.1, 0.15) is 5.65 Å². The maximum absolute atomic E-state index is 12.9. The van der Waals surface area contributed by atoms with Crippen LogP contribution >= 0.6 is 0 Å². The second-order valence-electron chi connectivity index (χ2n) is 5.71. The normalized spacial score (nSPS) is 12.1. The van der Waals surface area contributed by atoms with Crippen LogP contribution in [-0.2, 0) is 9.53 Å². The van der Waals surface area contributed by atoms with E-state index < -0.39 is 23.3 Å². The summed E-state index contributed by atoms with van der Waals surface area (Å²) in [5.74, 6) is -1.60. The fourth-order valence-electron chi connectivity index (χ4n) is 2.77.